The van der Waals surface area contributed by atoms with Gasteiger partial charge < -0.3 is 5.32 Å². The van der Waals surface area contributed by atoms with Gasteiger partial charge in [-0.2, -0.15) is 10.2 Å². The van der Waals surface area contributed by atoms with Crippen LogP contribution in [-0.2, 0) is 24.4 Å². The zero-order valence-corrected chi connectivity index (χ0v) is 14.3. The van der Waals surface area contributed by atoms with Crippen LogP contribution < -0.4 is 5.32 Å². The zero-order chi connectivity index (χ0) is 17.9. The third-order valence-corrected chi connectivity index (χ3v) is 3.88. The summed E-state index contributed by atoms with van der Waals surface area (Å²) in [5.74, 6) is -0.507. The number of aryl methyl sites for hydroxylation is 2. The van der Waals surface area contributed by atoms with Crippen LogP contribution in [0.2, 0.25) is 0 Å². The van der Waals surface area contributed by atoms with E-state index in [2.05, 4.69) is 15.5 Å². The molecule has 0 aromatic carbocycles. The molecule has 1 unspecified atom stereocenters. The molecule has 1 N–H and O–H groups in total. The topological polar surface area (TPSA) is 108 Å². The van der Waals surface area contributed by atoms with E-state index in [4.69, 9.17) is 0 Å². The summed E-state index contributed by atoms with van der Waals surface area (Å²) in [5, 5.41) is 22.3. The van der Waals surface area contributed by atoms with Gasteiger partial charge in [-0.1, -0.05) is 6.92 Å². The molecule has 1 atom stereocenters. The van der Waals surface area contributed by atoms with Gasteiger partial charge in [0.1, 0.15) is 11.4 Å². The number of rotatable bonds is 7. The van der Waals surface area contributed by atoms with E-state index in [1.54, 1.807) is 25.5 Å². The van der Waals surface area contributed by atoms with Crippen molar-refractivity contribution in [3.8, 4) is 0 Å². The summed E-state index contributed by atoms with van der Waals surface area (Å²) in [6, 6.07) is 1.86. The molecule has 1 amide bonds. The Bertz CT molecular complexity index is 748. The molecule has 9 heteroatoms. The maximum absolute atomic E-state index is 12.2. The first-order valence-corrected chi connectivity index (χ1v) is 7.81. The smallest absolute Gasteiger partial charge is 0.312 e. The standard InChI is InChI=1S/C15H22N6O3/c1-5-19-7-6-13(18-19)8-16-15(22)10(2)9-20-12(4)14(21(23)24)11(3)17-20/h6-7,10H,5,8-9H2,1-4H3,(H,16,22). The molecule has 0 spiro atoms. The molecule has 0 bridgehead atoms. The Hall–Kier alpha value is -2.71. The summed E-state index contributed by atoms with van der Waals surface area (Å²) >= 11 is 0. The van der Waals surface area contributed by atoms with Crippen LogP contribution in [0.3, 0.4) is 0 Å². The summed E-state index contributed by atoms with van der Waals surface area (Å²) in [4.78, 5) is 22.8. The highest BCUT2D eigenvalue weighted by molar-refractivity contribution is 5.78. The van der Waals surface area contributed by atoms with Gasteiger partial charge in [0.15, 0.2) is 0 Å². The fraction of sp³-hybridized carbons (Fsp3) is 0.533. The van der Waals surface area contributed by atoms with Crippen LogP contribution in [0.15, 0.2) is 12.3 Å². The number of nitrogens with one attached hydrogen (secondary N) is 1. The third kappa shape index (κ3) is 3.79. The maximum Gasteiger partial charge on any atom is 0.312 e. The van der Waals surface area contributed by atoms with Crippen molar-refractivity contribution in [2.75, 3.05) is 0 Å². The van der Waals surface area contributed by atoms with E-state index in [1.165, 1.54) is 4.68 Å². The van der Waals surface area contributed by atoms with Gasteiger partial charge in [-0.05, 0) is 26.8 Å². The molecule has 0 fully saturated rings. The minimum absolute atomic E-state index is 0.00714. The van der Waals surface area contributed by atoms with E-state index in [1.807, 2.05) is 19.2 Å². The van der Waals surface area contributed by atoms with Crippen LogP contribution in [0, 0.1) is 29.9 Å². The van der Waals surface area contributed by atoms with Gasteiger partial charge in [0.25, 0.3) is 0 Å². The number of amides is 1. The Morgan fingerprint density at radius 2 is 2.12 bits per heavy atom. The highest BCUT2D eigenvalue weighted by Crippen LogP contribution is 2.22. The quantitative estimate of drug-likeness (QED) is 0.611. The predicted molar refractivity (Wildman–Crippen MR) is 87.3 cm³/mol. The lowest BCUT2D eigenvalue weighted by Crippen LogP contribution is -2.31. The van der Waals surface area contributed by atoms with Gasteiger partial charge in [0.05, 0.1) is 29.6 Å². The molecule has 0 aliphatic carbocycles. The van der Waals surface area contributed by atoms with Crippen molar-refractivity contribution in [1.29, 1.82) is 0 Å². The number of nitro groups is 1. The third-order valence-electron chi connectivity index (χ3n) is 3.88. The summed E-state index contributed by atoms with van der Waals surface area (Å²) in [6.45, 7) is 8.41. The average molecular weight is 334 g/mol. The van der Waals surface area contributed by atoms with Crippen molar-refractivity contribution < 1.29 is 9.72 Å². The molecule has 9 nitrogen and oxygen atoms in total. The van der Waals surface area contributed by atoms with Gasteiger partial charge in [-0.3, -0.25) is 24.3 Å². The van der Waals surface area contributed by atoms with Crippen molar-refractivity contribution in [2.24, 2.45) is 5.92 Å². The van der Waals surface area contributed by atoms with E-state index in [-0.39, 0.29) is 24.1 Å². The number of carbonyl (C=O) groups is 1. The summed E-state index contributed by atoms with van der Waals surface area (Å²) < 4.78 is 3.31. The monoisotopic (exact) mass is 334 g/mol. The van der Waals surface area contributed by atoms with Crippen LogP contribution in [0.4, 0.5) is 5.69 Å². The summed E-state index contributed by atoms with van der Waals surface area (Å²) in [7, 11) is 0. The van der Waals surface area contributed by atoms with Crippen LogP contribution >= 0.6 is 0 Å². The van der Waals surface area contributed by atoms with E-state index in [9.17, 15) is 14.9 Å². The molecule has 24 heavy (non-hydrogen) atoms. The lowest BCUT2D eigenvalue weighted by Gasteiger charge is -2.12. The maximum atomic E-state index is 12.2. The van der Waals surface area contributed by atoms with Crippen molar-refractivity contribution >= 4 is 11.6 Å². The Balaban J connectivity index is 1.96. The second-order valence-electron chi connectivity index (χ2n) is 5.74. The van der Waals surface area contributed by atoms with E-state index in [0.29, 0.717) is 17.9 Å². The normalized spacial score (nSPS) is 12.2. The molecule has 2 aromatic heterocycles. The number of aromatic nitrogens is 4. The minimum Gasteiger partial charge on any atom is -0.350 e. The van der Waals surface area contributed by atoms with Crippen molar-refractivity contribution in [1.82, 2.24) is 24.9 Å². The molecule has 0 aliphatic heterocycles. The minimum atomic E-state index is -0.442. The first-order valence-electron chi connectivity index (χ1n) is 7.81. The predicted octanol–water partition coefficient (Wildman–Crippen LogP) is 1.58. The summed E-state index contributed by atoms with van der Waals surface area (Å²) in [5.41, 5.74) is 1.61. The van der Waals surface area contributed by atoms with Gasteiger partial charge in [-0.15, -0.1) is 0 Å². The van der Waals surface area contributed by atoms with Gasteiger partial charge in [-0.25, -0.2) is 0 Å². The second kappa shape index (κ2) is 7.24. The molecule has 0 radical (unpaired) electrons. The largest absolute Gasteiger partial charge is 0.350 e. The lowest BCUT2D eigenvalue weighted by atomic mass is 10.1. The van der Waals surface area contributed by atoms with E-state index >= 15 is 0 Å². The fourth-order valence-corrected chi connectivity index (χ4v) is 2.50. The molecular weight excluding hydrogens is 312 g/mol. The highest BCUT2D eigenvalue weighted by atomic mass is 16.6. The molecule has 130 valence electrons. The fourth-order valence-electron chi connectivity index (χ4n) is 2.50. The SMILES string of the molecule is CCn1ccc(CNC(=O)C(C)Cn2nc(C)c([N+](=O)[O-])c2C)n1. The molecule has 0 saturated carbocycles. The Morgan fingerprint density at radius 3 is 2.67 bits per heavy atom. The van der Waals surface area contributed by atoms with E-state index in [0.717, 1.165) is 12.2 Å². The molecular formula is C15H22N6O3. The molecule has 2 heterocycles. The van der Waals surface area contributed by atoms with Gasteiger partial charge in [0, 0.05) is 12.7 Å². The molecule has 0 saturated heterocycles. The second-order valence-corrected chi connectivity index (χ2v) is 5.74. The lowest BCUT2D eigenvalue weighted by molar-refractivity contribution is -0.386. The average Bonchev–Trinajstić information content (AvgIpc) is 3.09. The molecule has 2 aromatic rings. The van der Waals surface area contributed by atoms with Crippen LogP contribution in [0.5, 0.6) is 0 Å². The first kappa shape index (κ1) is 17.6. The Kier molecular flexibility index (Phi) is 5.32. The van der Waals surface area contributed by atoms with Gasteiger partial charge >= 0.3 is 5.69 Å². The zero-order valence-electron chi connectivity index (χ0n) is 14.3. The van der Waals surface area contributed by atoms with Gasteiger partial charge in [0.2, 0.25) is 5.91 Å². The number of hydrogen-bond donors (Lipinski definition) is 1. The number of hydrogen-bond acceptors (Lipinski definition) is 5. The van der Waals surface area contributed by atoms with E-state index < -0.39 is 4.92 Å². The Labute approximate surface area is 139 Å². The van der Waals surface area contributed by atoms with Crippen molar-refractivity contribution in [3.63, 3.8) is 0 Å². The van der Waals surface area contributed by atoms with Crippen molar-refractivity contribution in [3.05, 3.63) is 39.5 Å². The molecule has 2 rings (SSSR count). The highest BCUT2D eigenvalue weighted by Gasteiger charge is 2.24. The van der Waals surface area contributed by atoms with Crippen molar-refractivity contribution in [2.45, 2.75) is 47.3 Å². The first-order chi connectivity index (χ1) is 11.3. The number of nitrogens with zero attached hydrogens (tertiary/aromatic N) is 5. The summed E-state index contributed by atoms with van der Waals surface area (Å²) in [6.07, 6.45) is 1.86. The Morgan fingerprint density at radius 1 is 1.42 bits per heavy atom. The number of carbonyl (C=O) groups excluding carboxylic acids is 1. The molecule has 0 aliphatic rings. The van der Waals surface area contributed by atoms with Crippen LogP contribution in [-0.4, -0.2) is 30.4 Å². The van der Waals surface area contributed by atoms with Crippen LogP contribution in [0.1, 0.15) is 30.9 Å². The van der Waals surface area contributed by atoms with Crippen LogP contribution in [0.25, 0.3) is 0 Å².